The maximum atomic E-state index is 11.4. The Kier molecular flexibility index (Phi) is 4.30. The largest absolute Gasteiger partial charge is 0.353 e. The zero-order valence-electron chi connectivity index (χ0n) is 9.88. The Balaban J connectivity index is 2.38. The van der Waals surface area contributed by atoms with E-state index < -0.39 is 0 Å². The van der Waals surface area contributed by atoms with Gasteiger partial charge in [0.25, 0.3) is 0 Å². The Morgan fingerprint density at radius 2 is 1.93 bits per heavy atom. The molecule has 86 valence electrons. The van der Waals surface area contributed by atoms with E-state index in [1.807, 2.05) is 0 Å². The normalized spacial score (nSPS) is 31.0. The molecule has 1 amide bonds. The first-order valence-electron chi connectivity index (χ1n) is 5.78. The fourth-order valence-electron chi connectivity index (χ4n) is 2.36. The smallest absolute Gasteiger partial charge is 0.227 e. The average Bonchev–Trinajstić information content (AvgIpc) is 2.08. The monoisotopic (exact) mass is 211 g/mol. The number of hydrogen-bond donors (Lipinski definition) is 1. The number of rotatable bonds is 3. The van der Waals surface area contributed by atoms with Gasteiger partial charge in [0, 0.05) is 6.04 Å². The third kappa shape index (κ3) is 4.02. The van der Waals surface area contributed by atoms with E-state index in [1.54, 1.807) is 0 Å². The molecule has 0 spiro atoms. The number of ketones is 1. The quantitative estimate of drug-likeness (QED) is 0.725. The van der Waals surface area contributed by atoms with Crippen LogP contribution in [0.2, 0.25) is 0 Å². The summed E-state index contributed by atoms with van der Waals surface area (Å²) in [6, 6.07) is 0.271. The van der Waals surface area contributed by atoms with Gasteiger partial charge in [-0.25, -0.2) is 0 Å². The second-order valence-corrected chi connectivity index (χ2v) is 4.95. The maximum absolute atomic E-state index is 11.4. The molecule has 0 radical (unpaired) electrons. The molecule has 15 heavy (non-hydrogen) atoms. The van der Waals surface area contributed by atoms with Gasteiger partial charge in [0.1, 0.15) is 5.78 Å². The van der Waals surface area contributed by atoms with Crippen molar-refractivity contribution in [3.05, 3.63) is 0 Å². The van der Waals surface area contributed by atoms with Gasteiger partial charge in [0.2, 0.25) is 5.91 Å². The Bertz CT molecular complexity index is 250. The van der Waals surface area contributed by atoms with Gasteiger partial charge in [-0.2, -0.15) is 0 Å². The van der Waals surface area contributed by atoms with Crippen molar-refractivity contribution < 1.29 is 9.59 Å². The van der Waals surface area contributed by atoms with Crippen molar-refractivity contribution in [2.24, 2.45) is 11.8 Å². The molecule has 0 bridgehead atoms. The predicted molar refractivity (Wildman–Crippen MR) is 59.4 cm³/mol. The van der Waals surface area contributed by atoms with E-state index in [1.165, 1.54) is 19.8 Å². The Morgan fingerprint density at radius 1 is 1.27 bits per heavy atom. The molecule has 0 heterocycles. The highest BCUT2D eigenvalue weighted by atomic mass is 16.2. The highest BCUT2D eigenvalue weighted by Gasteiger charge is 2.26. The number of carbonyl (C=O) groups excluding carboxylic acids is 2. The lowest BCUT2D eigenvalue weighted by molar-refractivity contribution is -0.128. The zero-order valence-corrected chi connectivity index (χ0v) is 9.88. The minimum Gasteiger partial charge on any atom is -0.353 e. The summed E-state index contributed by atoms with van der Waals surface area (Å²) in [5, 5.41) is 2.96. The fraction of sp³-hybridized carbons (Fsp3) is 0.833. The first-order valence-corrected chi connectivity index (χ1v) is 5.78. The van der Waals surface area contributed by atoms with Crippen molar-refractivity contribution in [1.29, 1.82) is 0 Å². The molecule has 3 heteroatoms. The van der Waals surface area contributed by atoms with Crippen LogP contribution in [0.3, 0.4) is 0 Å². The summed E-state index contributed by atoms with van der Waals surface area (Å²) in [6.07, 6.45) is 3.42. The van der Waals surface area contributed by atoms with Crippen LogP contribution in [-0.2, 0) is 9.59 Å². The first kappa shape index (κ1) is 12.2. The van der Waals surface area contributed by atoms with E-state index in [-0.39, 0.29) is 24.2 Å². The minimum absolute atomic E-state index is 0.0266. The van der Waals surface area contributed by atoms with Crippen molar-refractivity contribution >= 4 is 11.7 Å². The standard InChI is InChI=1S/C12H21NO2/c1-8-4-5-11(9(2)6-8)13-12(15)7-10(3)14/h8-9,11H,4-7H2,1-3H3,(H,13,15). The summed E-state index contributed by atoms with van der Waals surface area (Å²) < 4.78 is 0. The number of nitrogens with one attached hydrogen (secondary N) is 1. The van der Waals surface area contributed by atoms with Gasteiger partial charge >= 0.3 is 0 Å². The lowest BCUT2D eigenvalue weighted by Gasteiger charge is -2.33. The van der Waals surface area contributed by atoms with Crippen LogP contribution in [0.25, 0.3) is 0 Å². The van der Waals surface area contributed by atoms with Crippen LogP contribution in [0, 0.1) is 11.8 Å². The molecular weight excluding hydrogens is 190 g/mol. The Hall–Kier alpha value is -0.860. The molecule has 3 nitrogen and oxygen atoms in total. The minimum atomic E-state index is -0.117. The molecule has 3 atom stereocenters. The second kappa shape index (κ2) is 5.29. The molecule has 1 aliphatic rings. The van der Waals surface area contributed by atoms with E-state index in [2.05, 4.69) is 19.2 Å². The van der Waals surface area contributed by atoms with Crippen LogP contribution < -0.4 is 5.32 Å². The average molecular weight is 211 g/mol. The third-order valence-electron chi connectivity index (χ3n) is 3.19. The lowest BCUT2D eigenvalue weighted by Crippen LogP contribution is -2.42. The van der Waals surface area contributed by atoms with Gasteiger partial charge < -0.3 is 5.32 Å². The molecule has 1 fully saturated rings. The predicted octanol–water partition coefficient (Wildman–Crippen LogP) is 1.91. The van der Waals surface area contributed by atoms with Crippen molar-refractivity contribution in [3.8, 4) is 0 Å². The molecule has 0 aromatic heterocycles. The molecular formula is C12H21NO2. The van der Waals surface area contributed by atoms with Crippen molar-refractivity contribution in [1.82, 2.24) is 5.32 Å². The van der Waals surface area contributed by atoms with Crippen LogP contribution in [0.4, 0.5) is 0 Å². The van der Waals surface area contributed by atoms with E-state index >= 15 is 0 Å². The summed E-state index contributed by atoms with van der Waals surface area (Å²) in [6.45, 7) is 5.88. The lowest BCUT2D eigenvalue weighted by atomic mass is 9.80. The number of Topliss-reactive ketones (excluding diaryl/α,β-unsaturated/α-hetero) is 1. The summed E-state index contributed by atoms with van der Waals surface area (Å²) >= 11 is 0. The number of carbonyl (C=O) groups is 2. The van der Waals surface area contributed by atoms with Gasteiger partial charge in [-0.15, -0.1) is 0 Å². The highest BCUT2D eigenvalue weighted by Crippen LogP contribution is 2.28. The van der Waals surface area contributed by atoms with Gasteiger partial charge in [0.05, 0.1) is 6.42 Å². The summed E-state index contributed by atoms with van der Waals surface area (Å²) in [5.41, 5.74) is 0. The Labute approximate surface area is 91.6 Å². The highest BCUT2D eigenvalue weighted by molar-refractivity contribution is 5.96. The summed E-state index contributed by atoms with van der Waals surface area (Å²) in [7, 11) is 0. The van der Waals surface area contributed by atoms with Crippen molar-refractivity contribution in [3.63, 3.8) is 0 Å². The van der Waals surface area contributed by atoms with Crippen LogP contribution in [0.1, 0.15) is 46.5 Å². The van der Waals surface area contributed by atoms with Gasteiger partial charge in [-0.1, -0.05) is 13.8 Å². The topological polar surface area (TPSA) is 46.2 Å². The molecule has 0 aliphatic heterocycles. The molecule has 3 unspecified atom stereocenters. The zero-order chi connectivity index (χ0) is 11.4. The molecule has 1 rings (SSSR count). The number of hydrogen-bond acceptors (Lipinski definition) is 2. The molecule has 0 aromatic carbocycles. The Morgan fingerprint density at radius 3 is 2.47 bits per heavy atom. The number of amides is 1. The van der Waals surface area contributed by atoms with Crippen LogP contribution in [0.15, 0.2) is 0 Å². The summed E-state index contributed by atoms with van der Waals surface area (Å²) in [4.78, 5) is 22.2. The van der Waals surface area contributed by atoms with Gasteiger partial charge in [-0.05, 0) is 38.0 Å². The van der Waals surface area contributed by atoms with Crippen LogP contribution in [0.5, 0.6) is 0 Å². The molecule has 1 saturated carbocycles. The van der Waals surface area contributed by atoms with Crippen molar-refractivity contribution in [2.45, 2.75) is 52.5 Å². The first-order chi connectivity index (χ1) is 6.99. The second-order valence-electron chi connectivity index (χ2n) is 4.95. The SMILES string of the molecule is CC(=O)CC(=O)NC1CCC(C)CC1C. The van der Waals surface area contributed by atoms with Crippen molar-refractivity contribution in [2.75, 3.05) is 0 Å². The van der Waals surface area contributed by atoms with Crippen LogP contribution >= 0.6 is 0 Å². The third-order valence-corrected chi connectivity index (χ3v) is 3.19. The molecule has 1 aliphatic carbocycles. The van der Waals surface area contributed by atoms with E-state index in [0.29, 0.717) is 5.92 Å². The molecule has 1 N–H and O–H groups in total. The fourth-order valence-corrected chi connectivity index (χ4v) is 2.36. The van der Waals surface area contributed by atoms with E-state index in [4.69, 9.17) is 0 Å². The van der Waals surface area contributed by atoms with Crippen LogP contribution in [-0.4, -0.2) is 17.7 Å². The molecule has 0 saturated heterocycles. The van der Waals surface area contributed by atoms with E-state index in [0.717, 1.165) is 12.3 Å². The van der Waals surface area contributed by atoms with Gasteiger partial charge in [-0.3, -0.25) is 9.59 Å². The van der Waals surface area contributed by atoms with E-state index in [9.17, 15) is 9.59 Å². The maximum Gasteiger partial charge on any atom is 0.227 e. The molecule has 0 aromatic rings. The summed E-state index contributed by atoms with van der Waals surface area (Å²) in [5.74, 6) is 1.11. The van der Waals surface area contributed by atoms with Gasteiger partial charge in [0.15, 0.2) is 0 Å².